The summed E-state index contributed by atoms with van der Waals surface area (Å²) < 4.78 is 35.2. The minimum atomic E-state index is -3.83. The number of hydrogen-bond donors (Lipinski definition) is 2. The van der Waals surface area contributed by atoms with Gasteiger partial charge in [0, 0.05) is 35.1 Å². The number of benzene rings is 2. The van der Waals surface area contributed by atoms with Gasteiger partial charge in [-0.3, -0.25) is 4.72 Å². The van der Waals surface area contributed by atoms with Crippen LogP contribution in [0.4, 0.5) is 11.4 Å². The van der Waals surface area contributed by atoms with Gasteiger partial charge < -0.3 is 15.0 Å². The van der Waals surface area contributed by atoms with Crippen LogP contribution in [-0.2, 0) is 10.0 Å². The number of nitrogens with zero attached hydrogens (tertiary/aromatic N) is 1. The Labute approximate surface area is 180 Å². The van der Waals surface area contributed by atoms with Gasteiger partial charge in [0.2, 0.25) is 0 Å². The van der Waals surface area contributed by atoms with Crippen LogP contribution in [-0.4, -0.2) is 41.7 Å². The van der Waals surface area contributed by atoms with E-state index in [2.05, 4.69) is 46.8 Å². The van der Waals surface area contributed by atoms with E-state index in [1.807, 2.05) is 0 Å². The van der Waals surface area contributed by atoms with Gasteiger partial charge in [0.15, 0.2) is 0 Å². The first-order valence-corrected chi connectivity index (χ1v) is 11.6. The second-order valence-electron chi connectivity index (χ2n) is 5.93. The van der Waals surface area contributed by atoms with Gasteiger partial charge in [-0.25, -0.2) is 8.42 Å². The standard InChI is InChI=1S/C17H18Br2ClN3O3S/c1-26-16-3-2-12(10-15(16)23-6-4-21-5-7-23)27(24,25)22-14-9-11(18)8-13(19)17(14)20/h2-3,8-10,21-22H,4-7H2,1H3. The maximum atomic E-state index is 12.9. The van der Waals surface area contributed by atoms with Crippen molar-refractivity contribution in [3.05, 3.63) is 44.3 Å². The number of methoxy groups -OCH3 is 1. The molecule has 3 rings (SSSR count). The third-order valence-corrected chi connectivity index (χ3v) is 7.24. The molecule has 0 radical (unpaired) electrons. The largest absolute Gasteiger partial charge is 0.495 e. The molecule has 10 heteroatoms. The molecule has 0 aliphatic carbocycles. The lowest BCUT2D eigenvalue weighted by atomic mass is 10.2. The van der Waals surface area contributed by atoms with E-state index in [9.17, 15) is 8.42 Å². The molecule has 0 bridgehead atoms. The summed E-state index contributed by atoms with van der Waals surface area (Å²) in [4.78, 5) is 2.25. The van der Waals surface area contributed by atoms with Crippen molar-refractivity contribution in [1.29, 1.82) is 0 Å². The molecule has 27 heavy (non-hydrogen) atoms. The minimum absolute atomic E-state index is 0.143. The number of nitrogens with one attached hydrogen (secondary N) is 2. The zero-order valence-electron chi connectivity index (χ0n) is 14.4. The Bertz CT molecular complexity index is 951. The lowest BCUT2D eigenvalue weighted by molar-refractivity contribution is 0.412. The second kappa shape index (κ2) is 8.57. The Hall–Kier alpha value is -1.000. The van der Waals surface area contributed by atoms with Gasteiger partial charge in [0.05, 0.1) is 28.4 Å². The Balaban J connectivity index is 1.97. The van der Waals surface area contributed by atoms with E-state index in [0.717, 1.165) is 31.9 Å². The summed E-state index contributed by atoms with van der Waals surface area (Å²) in [7, 11) is -2.25. The Morgan fingerprint density at radius 2 is 1.89 bits per heavy atom. The number of hydrogen-bond acceptors (Lipinski definition) is 5. The summed E-state index contributed by atoms with van der Waals surface area (Å²) in [6.07, 6.45) is 0. The number of rotatable bonds is 5. The third kappa shape index (κ3) is 4.71. The normalized spacial score (nSPS) is 14.9. The maximum Gasteiger partial charge on any atom is 0.262 e. The summed E-state index contributed by atoms with van der Waals surface area (Å²) in [6.45, 7) is 3.22. The molecule has 2 N–H and O–H groups in total. The molecule has 0 saturated carbocycles. The average molecular weight is 540 g/mol. The van der Waals surface area contributed by atoms with Crippen LogP contribution in [0.15, 0.2) is 44.2 Å². The zero-order valence-corrected chi connectivity index (χ0v) is 19.2. The molecule has 1 fully saturated rings. The first-order valence-electron chi connectivity index (χ1n) is 8.13. The number of piperazine rings is 1. The Kier molecular flexibility index (Phi) is 6.58. The predicted molar refractivity (Wildman–Crippen MR) is 116 cm³/mol. The van der Waals surface area contributed by atoms with Crippen molar-refractivity contribution >= 4 is 64.9 Å². The van der Waals surface area contributed by atoms with Crippen LogP contribution in [0.2, 0.25) is 5.02 Å². The van der Waals surface area contributed by atoms with Gasteiger partial charge in [-0.05, 0) is 46.3 Å². The molecule has 0 spiro atoms. The van der Waals surface area contributed by atoms with Crippen LogP contribution in [0.25, 0.3) is 0 Å². The number of halogens is 3. The Morgan fingerprint density at radius 1 is 1.19 bits per heavy atom. The molecule has 2 aromatic carbocycles. The smallest absolute Gasteiger partial charge is 0.262 e. The summed E-state index contributed by atoms with van der Waals surface area (Å²) in [6, 6.07) is 8.19. The zero-order chi connectivity index (χ0) is 19.6. The van der Waals surface area contributed by atoms with Crippen molar-refractivity contribution in [3.8, 4) is 5.75 Å². The lowest BCUT2D eigenvalue weighted by Crippen LogP contribution is -2.43. The number of anilines is 2. The van der Waals surface area contributed by atoms with Gasteiger partial charge in [-0.15, -0.1) is 0 Å². The fourth-order valence-electron chi connectivity index (χ4n) is 2.82. The van der Waals surface area contributed by atoms with E-state index >= 15 is 0 Å². The van der Waals surface area contributed by atoms with E-state index in [4.69, 9.17) is 16.3 Å². The van der Waals surface area contributed by atoms with Gasteiger partial charge in [-0.1, -0.05) is 27.5 Å². The topological polar surface area (TPSA) is 70.7 Å². The predicted octanol–water partition coefficient (Wildman–Crippen LogP) is 4.08. The van der Waals surface area contributed by atoms with Gasteiger partial charge in [0.1, 0.15) is 5.75 Å². The van der Waals surface area contributed by atoms with E-state index in [1.165, 1.54) is 6.07 Å². The minimum Gasteiger partial charge on any atom is -0.495 e. The molecule has 1 heterocycles. The SMILES string of the molecule is COc1ccc(S(=O)(=O)Nc2cc(Br)cc(Br)c2Cl)cc1N1CCNCC1. The van der Waals surface area contributed by atoms with Gasteiger partial charge >= 0.3 is 0 Å². The van der Waals surface area contributed by atoms with Gasteiger partial charge in [0.25, 0.3) is 10.0 Å². The molecule has 0 atom stereocenters. The summed E-state index contributed by atoms with van der Waals surface area (Å²) in [5.41, 5.74) is 1.04. The van der Waals surface area contributed by atoms with Crippen LogP contribution in [0, 0.1) is 0 Å². The maximum absolute atomic E-state index is 12.9. The van der Waals surface area contributed by atoms with Crippen LogP contribution in [0.1, 0.15) is 0 Å². The van der Waals surface area contributed by atoms with E-state index in [-0.39, 0.29) is 15.6 Å². The first-order chi connectivity index (χ1) is 12.8. The van der Waals surface area contributed by atoms with Crippen LogP contribution in [0.5, 0.6) is 5.75 Å². The molecule has 0 unspecified atom stereocenters. The highest BCUT2D eigenvalue weighted by Gasteiger charge is 2.22. The van der Waals surface area contributed by atoms with Crippen molar-refractivity contribution in [2.24, 2.45) is 0 Å². The third-order valence-electron chi connectivity index (χ3n) is 4.16. The van der Waals surface area contributed by atoms with Crippen molar-refractivity contribution in [1.82, 2.24) is 5.32 Å². The average Bonchev–Trinajstić information content (AvgIpc) is 2.65. The van der Waals surface area contributed by atoms with Crippen molar-refractivity contribution in [2.45, 2.75) is 4.90 Å². The molecule has 1 aliphatic heterocycles. The molecule has 1 saturated heterocycles. The highest BCUT2D eigenvalue weighted by molar-refractivity contribution is 9.11. The molecule has 146 valence electrons. The molecular formula is C17H18Br2ClN3O3S. The summed E-state index contributed by atoms with van der Waals surface area (Å²) in [5, 5.41) is 3.57. The van der Waals surface area contributed by atoms with E-state index in [1.54, 1.807) is 31.4 Å². The summed E-state index contributed by atoms with van der Waals surface area (Å²) in [5.74, 6) is 0.638. The van der Waals surface area contributed by atoms with Crippen LogP contribution < -0.4 is 19.7 Å². The van der Waals surface area contributed by atoms with Gasteiger partial charge in [-0.2, -0.15) is 0 Å². The molecule has 6 nitrogen and oxygen atoms in total. The van der Waals surface area contributed by atoms with E-state index < -0.39 is 10.0 Å². The van der Waals surface area contributed by atoms with Crippen molar-refractivity contribution in [3.63, 3.8) is 0 Å². The monoisotopic (exact) mass is 537 g/mol. The molecule has 0 aromatic heterocycles. The number of ether oxygens (including phenoxy) is 1. The highest BCUT2D eigenvalue weighted by Crippen LogP contribution is 2.36. The van der Waals surface area contributed by atoms with Crippen LogP contribution >= 0.6 is 43.5 Å². The Morgan fingerprint density at radius 3 is 2.56 bits per heavy atom. The quantitative estimate of drug-likeness (QED) is 0.561. The van der Waals surface area contributed by atoms with Crippen molar-refractivity contribution < 1.29 is 13.2 Å². The summed E-state index contributed by atoms with van der Waals surface area (Å²) >= 11 is 12.9. The first kappa shape index (κ1) is 20.7. The molecular weight excluding hydrogens is 522 g/mol. The highest BCUT2D eigenvalue weighted by atomic mass is 79.9. The second-order valence-corrected chi connectivity index (χ2v) is 9.76. The fraction of sp³-hybridized carbons (Fsp3) is 0.294. The van der Waals surface area contributed by atoms with Crippen LogP contribution in [0.3, 0.4) is 0 Å². The fourth-order valence-corrected chi connectivity index (χ4v) is 5.34. The molecule has 1 aliphatic rings. The number of sulfonamides is 1. The molecule has 2 aromatic rings. The molecule has 0 amide bonds. The lowest BCUT2D eigenvalue weighted by Gasteiger charge is -2.30. The van der Waals surface area contributed by atoms with E-state index in [0.29, 0.717) is 14.7 Å². The van der Waals surface area contributed by atoms with Crippen molar-refractivity contribution in [2.75, 3.05) is 42.9 Å².